The lowest BCUT2D eigenvalue weighted by Gasteiger charge is -2.06. The zero-order valence-electron chi connectivity index (χ0n) is 20.7. The Morgan fingerprint density at radius 1 is 0.742 bits per heavy atom. The van der Waals surface area contributed by atoms with Crippen molar-refractivity contribution in [2.75, 3.05) is 0 Å². The molecule has 0 spiro atoms. The summed E-state index contributed by atoms with van der Waals surface area (Å²) < 4.78 is 0. The van der Waals surface area contributed by atoms with Gasteiger partial charge in [-0.1, -0.05) is 64.5 Å². The SMILES string of the molecule is CC.CC.CC1=CCC(C)C=C1.Cc1c(S)ccc(S)c1S.Cc1ccc(S)cc1C. The van der Waals surface area contributed by atoms with E-state index in [0.717, 1.165) is 31.1 Å². The van der Waals surface area contributed by atoms with Gasteiger partial charge in [0.2, 0.25) is 0 Å². The van der Waals surface area contributed by atoms with E-state index in [0.29, 0.717) is 0 Å². The van der Waals surface area contributed by atoms with Crippen LogP contribution in [0.5, 0.6) is 0 Å². The fourth-order valence-corrected chi connectivity index (χ4v) is 3.22. The number of thiol groups is 4. The van der Waals surface area contributed by atoms with Crippen molar-refractivity contribution in [3.05, 3.63) is 70.8 Å². The molecular weight excluding hydrogens is 453 g/mol. The number of benzene rings is 2. The van der Waals surface area contributed by atoms with Gasteiger partial charge in [0.1, 0.15) is 0 Å². The fourth-order valence-electron chi connectivity index (χ4n) is 2.24. The second-order valence-electron chi connectivity index (χ2n) is 6.87. The molecule has 0 bridgehead atoms. The minimum Gasteiger partial charge on any atom is -0.143 e. The van der Waals surface area contributed by atoms with Crippen LogP contribution in [-0.2, 0) is 0 Å². The van der Waals surface area contributed by atoms with E-state index in [1.807, 2.05) is 52.8 Å². The van der Waals surface area contributed by atoms with Crippen LogP contribution in [0, 0.1) is 26.7 Å². The standard InChI is InChI=1S/C8H10S.C8H12.C7H8S3.2C2H6/c1-6-3-4-8(9)5-7(6)2;1-7-3-5-8(2)6-4-7;1-4-5(8)2-3-6(9)7(4)10;2*1-2/h3-5,9H,1-2H3;3-5,8H,6H2,1-2H3;2-3,8-10H,1H3;2*1-2H3. The molecule has 0 saturated heterocycles. The van der Waals surface area contributed by atoms with Crippen molar-refractivity contribution in [3.8, 4) is 0 Å². The molecule has 0 nitrogen and oxygen atoms in total. The first-order chi connectivity index (χ1) is 14.6. The largest absolute Gasteiger partial charge is 0.143 e. The van der Waals surface area contributed by atoms with Crippen LogP contribution < -0.4 is 0 Å². The summed E-state index contributed by atoms with van der Waals surface area (Å²) in [4.78, 5) is 3.82. The maximum atomic E-state index is 4.26. The van der Waals surface area contributed by atoms with Crippen molar-refractivity contribution in [2.45, 2.75) is 88.3 Å². The maximum absolute atomic E-state index is 4.26. The maximum Gasteiger partial charge on any atom is 0.0214 e. The second kappa shape index (κ2) is 18.8. The van der Waals surface area contributed by atoms with Crippen molar-refractivity contribution in [1.29, 1.82) is 0 Å². The number of rotatable bonds is 0. The van der Waals surface area contributed by atoms with Gasteiger partial charge in [-0.05, 0) is 81.0 Å². The van der Waals surface area contributed by atoms with Gasteiger partial charge in [-0.25, -0.2) is 0 Å². The quantitative estimate of drug-likeness (QED) is 0.257. The molecule has 174 valence electrons. The van der Waals surface area contributed by atoms with Crippen LogP contribution in [0.15, 0.2) is 73.7 Å². The Bertz CT molecular complexity index is 793. The highest BCUT2D eigenvalue weighted by atomic mass is 32.1. The van der Waals surface area contributed by atoms with Gasteiger partial charge in [0, 0.05) is 19.6 Å². The summed E-state index contributed by atoms with van der Waals surface area (Å²) in [7, 11) is 0. The molecule has 0 heterocycles. The number of hydrogen-bond acceptors (Lipinski definition) is 4. The molecule has 3 rings (SSSR count). The number of aryl methyl sites for hydroxylation is 2. The summed E-state index contributed by atoms with van der Waals surface area (Å²) in [5, 5.41) is 0. The monoisotopic (exact) mass is 494 g/mol. The van der Waals surface area contributed by atoms with Crippen molar-refractivity contribution in [3.63, 3.8) is 0 Å². The van der Waals surface area contributed by atoms with Gasteiger partial charge in [0.15, 0.2) is 0 Å². The third-order valence-corrected chi connectivity index (χ3v) is 6.26. The van der Waals surface area contributed by atoms with E-state index in [1.165, 1.54) is 23.1 Å². The molecule has 31 heavy (non-hydrogen) atoms. The highest BCUT2D eigenvalue weighted by Gasteiger charge is 2.00. The topological polar surface area (TPSA) is 0 Å². The molecule has 4 heteroatoms. The molecule has 0 fully saturated rings. The Morgan fingerprint density at radius 3 is 1.68 bits per heavy atom. The molecule has 2 aromatic rings. The first kappa shape index (κ1) is 32.5. The fraction of sp³-hybridized carbons (Fsp3) is 0.407. The van der Waals surface area contributed by atoms with E-state index >= 15 is 0 Å². The van der Waals surface area contributed by atoms with Gasteiger partial charge >= 0.3 is 0 Å². The van der Waals surface area contributed by atoms with Gasteiger partial charge < -0.3 is 0 Å². The van der Waals surface area contributed by atoms with Gasteiger partial charge in [-0.2, -0.15) is 0 Å². The summed E-state index contributed by atoms with van der Waals surface area (Å²) in [6.45, 7) is 18.5. The number of hydrogen-bond donors (Lipinski definition) is 4. The molecule has 1 atom stereocenters. The van der Waals surface area contributed by atoms with Crippen molar-refractivity contribution in [2.24, 2.45) is 5.92 Å². The van der Waals surface area contributed by atoms with Gasteiger partial charge in [0.05, 0.1) is 0 Å². The highest BCUT2D eigenvalue weighted by Crippen LogP contribution is 2.26. The lowest BCUT2D eigenvalue weighted by atomic mass is 10.00. The molecule has 0 amide bonds. The van der Waals surface area contributed by atoms with Crippen LogP contribution in [0.1, 0.15) is 64.7 Å². The van der Waals surface area contributed by atoms with Crippen molar-refractivity contribution < 1.29 is 0 Å². The summed E-state index contributed by atoms with van der Waals surface area (Å²) in [6.07, 6.45) is 7.95. The lowest BCUT2D eigenvalue weighted by Crippen LogP contribution is -1.91. The Hall–Kier alpha value is -0.680. The van der Waals surface area contributed by atoms with Crippen LogP contribution in [0.3, 0.4) is 0 Å². The van der Waals surface area contributed by atoms with E-state index in [-0.39, 0.29) is 0 Å². The molecule has 0 aliphatic heterocycles. The second-order valence-corrected chi connectivity index (χ2v) is 8.79. The zero-order valence-corrected chi connectivity index (χ0v) is 24.3. The molecule has 0 aromatic heterocycles. The minimum atomic E-state index is 0.763. The average molecular weight is 495 g/mol. The normalized spacial score (nSPS) is 13.6. The van der Waals surface area contributed by atoms with Crippen LogP contribution in [-0.4, -0.2) is 0 Å². The van der Waals surface area contributed by atoms with E-state index in [9.17, 15) is 0 Å². The molecule has 1 aliphatic rings. The molecule has 1 unspecified atom stereocenters. The molecule has 1 aliphatic carbocycles. The molecular formula is C27H42S4. The summed E-state index contributed by atoms with van der Waals surface area (Å²) in [6, 6.07) is 9.96. The van der Waals surface area contributed by atoms with Crippen molar-refractivity contribution >= 4 is 50.5 Å². The van der Waals surface area contributed by atoms with Crippen LogP contribution in [0.25, 0.3) is 0 Å². The lowest BCUT2D eigenvalue weighted by molar-refractivity contribution is 0.731. The smallest absolute Gasteiger partial charge is 0.0214 e. The molecule has 2 aromatic carbocycles. The van der Waals surface area contributed by atoms with Crippen LogP contribution in [0.4, 0.5) is 0 Å². The van der Waals surface area contributed by atoms with E-state index in [2.05, 4.69) is 109 Å². The first-order valence-corrected chi connectivity index (χ1v) is 12.7. The summed E-state index contributed by atoms with van der Waals surface area (Å²) in [5.74, 6) is 0.763. The third kappa shape index (κ3) is 14.2. The van der Waals surface area contributed by atoms with E-state index < -0.39 is 0 Å². The molecule has 0 saturated carbocycles. The Balaban J connectivity index is 0. The van der Waals surface area contributed by atoms with Crippen LogP contribution in [0.2, 0.25) is 0 Å². The van der Waals surface area contributed by atoms with Crippen molar-refractivity contribution in [1.82, 2.24) is 0 Å². The highest BCUT2D eigenvalue weighted by molar-refractivity contribution is 7.83. The summed E-state index contributed by atoms with van der Waals surface area (Å²) in [5.41, 5.74) is 5.12. The minimum absolute atomic E-state index is 0.763. The molecule has 0 radical (unpaired) electrons. The number of allylic oxidation sites excluding steroid dienone is 4. The predicted octanol–water partition coefficient (Wildman–Crippen LogP) is 10.0. The summed E-state index contributed by atoms with van der Waals surface area (Å²) >= 11 is 16.9. The Morgan fingerprint density at radius 2 is 1.29 bits per heavy atom. The van der Waals surface area contributed by atoms with E-state index in [4.69, 9.17) is 0 Å². The Kier molecular flexibility index (Phi) is 19.8. The third-order valence-electron chi connectivity index (χ3n) is 4.37. The van der Waals surface area contributed by atoms with Gasteiger partial charge in [0.25, 0.3) is 0 Å². The van der Waals surface area contributed by atoms with Gasteiger partial charge in [-0.15, -0.1) is 50.5 Å². The van der Waals surface area contributed by atoms with Crippen LogP contribution >= 0.6 is 50.5 Å². The predicted molar refractivity (Wildman–Crippen MR) is 155 cm³/mol. The van der Waals surface area contributed by atoms with E-state index in [1.54, 1.807) is 0 Å². The molecule has 0 N–H and O–H groups in total. The van der Waals surface area contributed by atoms with Gasteiger partial charge in [-0.3, -0.25) is 0 Å². The average Bonchev–Trinajstić information content (AvgIpc) is 2.78. The Labute approximate surface area is 214 Å². The zero-order chi connectivity index (χ0) is 24.6. The first-order valence-electron chi connectivity index (χ1n) is 10.9.